The van der Waals surface area contributed by atoms with Crippen LogP contribution in [0.2, 0.25) is 0 Å². The molecule has 0 aliphatic carbocycles. The molecule has 3 aromatic rings. The summed E-state index contributed by atoms with van der Waals surface area (Å²) in [7, 11) is 0. The summed E-state index contributed by atoms with van der Waals surface area (Å²) >= 11 is 3.53. The third-order valence-electron chi connectivity index (χ3n) is 6.58. The van der Waals surface area contributed by atoms with Crippen LogP contribution in [0.1, 0.15) is 50.3 Å². The van der Waals surface area contributed by atoms with Crippen molar-refractivity contribution in [3.05, 3.63) is 106 Å². The molecule has 2 nitrogen and oxygen atoms in total. The van der Waals surface area contributed by atoms with Gasteiger partial charge in [0, 0.05) is 23.6 Å². The number of benzene rings is 3. The maximum atomic E-state index is 10.3. The van der Waals surface area contributed by atoms with E-state index in [1.807, 2.05) is 12.1 Å². The Kier molecular flexibility index (Phi) is 8.67. The third kappa shape index (κ3) is 6.09. The Balaban J connectivity index is 1.80. The summed E-state index contributed by atoms with van der Waals surface area (Å²) in [6, 6.07) is 32.7. The van der Waals surface area contributed by atoms with E-state index in [0.717, 1.165) is 36.0 Å². The first-order valence-corrected chi connectivity index (χ1v) is 12.2. The van der Waals surface area contributed by atoms with Crippen LogP contribution in [0, 0.1) is 17.2 Å². The number of hydrogen-bond acceptors (Lipinski definition) is 2. The zero-order valence-electron chi connectivity index (χ0n) is 19.3. The van der Waals surface area contributed by atoms with Crippen molar-refractivity contribution in [3.63, 3.8) is 0 Å². The molecule has 32 heavy (non-hydrogen) atoms. The lowest BCUT2D eigenvalue weighted by Crippen LogP contribution is -2.36. The Labute approximate surface area is 202 Å². The minimum absolute atomic E-state index is 0.234. The molecule has 0 heterocycles. The van der Waals surface area contributed by atoms with Crippen LogP contribution < -0.4 is 0 Å². The van der Waals surface area contributed by atoms with E-state index in [2.05, 4.69) is 120 Å². The van der Waals surface area contributed by atoms with Gasteiger partial charge in [0.1, 0.15) is 0 Å². The summed E-state index contributed by atoms with van der Waals surface area (Å²) in [5, 5.41) is 10.3. The summed E-state index contributed by atoms with van der Waals surface area (Å²) in [4.78, 5) is 2.54. The van der Waals surface area contributed by atoms with Gasteiger partial charge in [-0.1, -0.05) is 103 Å². The summed E-state index contributed by atoms with van der Waals surface area (Å²) in [5.74, 6) is 0.234. The Morgan fingerprint density at radius 1 is 0.812 bits per heavy atom. The fourth-order valence-electron chi connectivity index (χ4n) is 4.39. The van der Waals surface area contributed by atoms with Gasteiger partial charge in [-0.25, -0.2) is 0 Å². The number of hydrogen-bond donors (Lipinski definition) is 0. The van der Waals surface area contributed by atoms with Crippen LogP contribution in [-0.4, -0.2) is 10.9 Å². The summed E-state index contributed by atoms with van der Waals surface area (Å²) < 4.78 is 1.04. The van der Waals surface area contributed by atoms with Gasteiger partial charge in [0.15, 0.2) is 0 Å². The fraction of sp³-hybridized carbons (Fsp3) is 0.345. The zero-order valence-corrected chi connectivity index (χ0v) is 20.9. The second-order valence-corrected chi connectivity index (χ2v) is 9.92. The molecule has 2 unspecified atom stereocenters. The highest BCUT2D eigenvalue weighted by atomic mass is 79.9. The minimum atomic E-state index is -0.486. The molecule has 3 heteroatoms. The maximum absolute atomic E-state index is 10.3. The molecule has 2 atom stereocenters. The van der Waals surface area contributed by atoms with Crippen molar-refractivity contribution in [2.24, 2.45) is 5.92 Å². The largest absolute Gasteiger partial charge is 0.292 e. The first-order chi connectivity index (χ1) is 15.4. The van der Waals surface area contributed by atoms with E-state index in [1.165, 1.54) is 11.1 Å². The van der Waals surface area contributed by atoms with Crippen LogP contribution in [0.3, 0.4) is 0 Å². The van der Waals surface area contributed by atoms with Gasteiger partial charge in [0.05, 0.1) is 11.5 Å². The molecule has 0 aliphatic heterocycles. The predicted molar refractivity (Wildman–Crippen MR) is 137 cm³/mol. The van der Waals surface area contributed by atoms with Crippen molar-refractivity contribution in [2.75, 3.05) is 0 Å². The summed E-state index contributed by atoms with van der Waals surface area (Å²) in [6.07, 6.45) is 1.80. The van der Waals surface area contributed by atoms with E-state index in [1.54, 1.807) is 0 Å². The molecule has 0 radical (unpaired) electrons. The second kappa shape index (κ2) is 11.5. The van der Waals surface area contributed by atoms with Crippen LogP contribution >= 0.6 is 15.9 Å². The van der Waals surface area contributed by atoms with Crippen molar-refractivity contribution in [1.29, 1.82) is 5.26 Å². The topological polar surface area (TPSA) is 27.0 Å². The lowest BCUT2D eigenvalue weighted by atomic mass is 9.69. The van der Waals surface area contributed by atoms with E-state index in [0.29, 0.717) is 6.04 Å². The monoisotopic (exact) mass is 488 g/mol. The highest BCUT2D eigenvalue weighted by Gasteiger charge is 2.36. The third-order valence-corrected chi connectivity index (χ3v) is 7.11. The van der Waals surface area contributed by atoms with Crippen molar-refractivity contribution in [3.8, 4) is 6.07 Å². The number of halogens is 1. The molecule has 0 fully saturated rings. The van der Waals surface area contributed by atoms with E-state index < -0.39 is 5.41 Å². The molecule has 0 N–H and O–H groups in total. The van der Waals surface area contributed by atoms with Crippen LogP contribution in [0.5, 0.6) is 0 Å². The lowest BCUT2D eigenvalue weighted by molar-refractivity contribution is 0.169. The average molecular weight is 490 g/mol. The lowest BCUT2D eigenvalue weighted by Gasteiger charge is -2.35. The Bertz CT molecular complexity index is 951. The summed E-state index contributed by atoms with van der Waals surface area (Å²) in [5.41, 5.74) is 3.26. The highest BCUT2D eigenvalue weighted by molar-refractivity contribution is 9.10. The van der Waals surface area contributed by atoms with Gasteiger partial charge < -0.3 is 0 Å². The van der Waals surface area contributed by atoms with Crippen molar-refractivity contribution in [2.45, 2.75) is 58.2 Å². The normalized spacial score (nSPS) is 14.2. The molecular weight excluding hydrogens is 456 g/mol. The quantitative estimate of drug-likeness (QED) is 0.291. The van der Waals surface area contributed by atoms with E-state index >= 15 is 0 Å². The van der Waals surface area contributed by atoms with Gasteiger partial charge in [-0.15, -0.1) is 0 Å². The SMILES string of the molecule is CC(CCC(C#N)(c1ccc(Br)cc1)C(C)C)N(Cc1ccccc1)Cc1ccccc1. The van der Waals surface area contributed by atoms with Gasteiger partial charge in [-0.05, 0) is 54.5 Å². The minimum Gasteiger partial charge on any atom is -0.292 e. The molecular formula is C29H33BrN2. The first-order valence-electron chi connectivity index (χ1n) is 11.4. The maximum Gasteiger partial charge on any atom is 0.0845 e. The fourth-order valence-corrected chi connectivity index (χ4v) is 4.65. The molecule has 3 aromatic carbocycles. The Hall–Kier alpha value is -2.41. The number of nitriles is 1. The standard InChI is InChI=1S/C29H33BrN2/c1-23(2)29(22-31,27-14-16-28(30)17-15-27)19-18-24(3)32(20-25-10-6-4-7-11-25)21-26-12-8-5-9-13-26/h4-17,23-24H,18-21H2,1-3H3. The molecule has 0 aromatic heterocycles. The van der Waals surface area contributed by atoms with Gasteiger partial charge in [0.25, 0.3) is 0 Å². The van der Waals surface area contributed by atoms with E-state index in [4.69, 9.17) is 0 Å². The van der Waals surface area contributed by atoms with E-state index in [9.17, 15) is 5.26 Å². The van der Waals surface area contributed by atoms with Gasteiger partial charge in [-0.3, -0.25) is 4.90 Å². The molecule has 3 rings (SSSR count). The smallest absolute Gasteiger partial charge is 0.0845 e. The molecule has 166 valence electrons. The molecule has 0 aliphatic rings. The molecule has 0 saturated heterocycles. The zero-order chi connectivity index (χ0) is 23.0. The molecule has 0 saturated carbocycles. The highest BCUT2D eigenvalue weighted by Crippen LogP contribution is 2.38. The van der Waals surface area contributed by atoms with Gasteiger partial charge in [0.2, 0.25) is 0 Å². The van der Waals surface area contributed by atoms with Crippen molar-refractivity contribution >= 4 is 15.9 Å². The van der Waals surface area contributed by atoms with Crippen LogP contribution in [0.15, 0.2) is 89.4 Å². The van der Waals surface area contributed by atoms with Gasteiger partial charge >= 0.3 is 0 Å². The molecule has 0 amide bonds. The average Bonchev–Trinajstić information content (AvgIpc) is 2.81. The Morgan fingerprint density at radius 3 is 1.75 bits per heavy atom. The van der Waals surface area contributed by atoms with Gasteiger partial charge in [-0.2, -0.15) is 5.26 Å². The van der Waals surface area contributed by atoms with Crippen molar-refractivity contribution in [1.82, 2.24) is 4.90 Å². The number of rotatable bonds is 10. The second-order valence-electron chi connectivity index (χ2n) is 9.01. The van der Waals surface area contributed by atoms with Crippen LogP contribution in [-0.2, 0) is 18.5 Å². The Morgan fingerprint density at radius 2 is 1.31 bits per heavy atom. The molecule has 0 spiro atoms. The van der Waals surface area contributed by atoms with Crippen LogP contribution in [0.4, 0.5) is 0 Å². The van der Waals surface area contributed by atoms with Crippen molar-refractivity contribution < 1.29 is 0 Å². The van der Waals surface area contributed by atoms with E-state index in [-0.39, 0.29) is 5.92 Å². The molecule has 0 bridgehead atoms. The number of nitrogens with zero attached hydrogens (tertiary/aromatic N) is 2. The first kappa shape index (κ1) is 24.2. The van der Waals surface area contributed by atoms with Crippen LogP contribution in [0.25, 0.3) is 0 Å². The predicted octanol–water partition coefficient (Wildman–Crippen LogP) is 7.74. The summed E-state index contributed by atoms with van der Waals surface area (Å²) in [6.45, 7) is 8.44.